The number of nitrogens with zero attached hydrogens (tertiary/aromatic N) is 1. The number of hydrogen-bond donors (Lipinski definition) is 3. The summed E-state index contributed by atoms with van der Waals surface area (Å²) in [6.45, 7) is 4.34. The van der Waals surface area contributed by atoms with Gasteiger partial charge in [0.05, 0.1) is 5.56 Å². The first-order valence-corrected chi connectivity index (χ1v) is 7.66. The Morgan fingerprint density at radius 2 is 1.70 bits per heavy atom. The van der Waals surface area contributed by atoms with Crippen LogP contribution in [0.2, 0.25) is 0 Å². The molecule has 3 rings (SSSR count). The van der Waals surface area contributed by atoms with Crippen molar-refractivity contribution < 1.29 is 10.2 Å². The maximum Gasteiger partial charge on any atom is 0.124 e. The minimum absolute atomic E-state index is 0.0336. The zero-order valence-electron chi connectivity index (χ0n) is 12.0. The zero-order valence-corrected chi connectivity index (χ0v) is 12.0. The molecule has 1 saturated carbocycles. The fraction of sp³-hybridized carbons (Fsp3) is 0.625. The number of benzene rings is 1. The van der Waals surface area contributed by atoms with Crippen LogP contribution >= 0.6 is 0 Å². The van der Waals surface area contributed by atoms with Crippen LogP contribution in [0.4, 0.5) is 0 Å². The standard InChI is InChI=1S/C16H24N2O2/c1-11(16-14(19)3-2-4-15(16)20)17-12-7-9-18(10-8-12)13-5-6-13/h2-4,11-13,17,19-20H,5-10H2,1H3. The fourth-order valence-electron chi connectivity index (χ4n) is 3.29. The maximum atomic E-state index is 9.91. The predicted octanol–water partition coefficient (Wildman–Crippen LogP) is 2.38. The van der Waals surface area contributed by atoms with E-state index in [0.717, 1.165) is 18.9 Å². The second kappa shape index (κ2) is 5.62. The quantitative estimate of drug-likeness (QED) is 0.790. The van der Waals surface area contributed by atoms with Crippen molar-refractivity contribution in [2.45, 2.75) is 50.7 Å². The van der Waals surface area contributed by atoms with E-state index in [-0.39, 0.29) is 17.5 Å². The number of rotatable bonds is 4. The molecule has 2 aliphatic rings. The van der Waals surface area contributed by atoms with E-state index >= 15 is 0 Å². The Kier molecular flexibility index (Phi) is 3.85. The molecule has 1 aliphatic carbocycles. The van der Waals surface area contributed by atoms with E-state index in [2.05, 4.69) is 10.2 Å². The van der Waals surface area contributed by atoms with Crippen LogP contribution in [0.15, 0.2) is 18.2 Å². The predicted molar refractivity (Wildman–Crippen MR) is 78.9 cm³/mol. The number of phenolic OH excluding ortho intramolecular Hbond substituents is 2. The van der Waals surface area contributed by atoms with Crippen molar-refractivity contribution >= 4 is 0 Å². The molecule has 2 fully saturated rings. The van der Waals surface area contributed by atoms with E-state index in [1.54, 1.807) is 18.2 Å². The van der Waals surface area contributed by atoms with Gasteiger partial charge in [-0.2, -0.15) is 0 Å². The van der Waals surface area contributed by atoms with E-state index in [0.29, 0.717) is 11.6 Å². The normalized spacial score (nSPS) is 22.9. The largest absolute Gasteiger partial charge is 0.507 e. The van der Waals surface area contributed by atoms with Gasteiger partial charge in [0.2, 0.25) is 0 Å². The summed E-state index contributed by atoms with van der Waals surface area (Å²) in [5.74, 6) is 0.334. The van der Waals surface area contributed by atoms with Gasteiger partial charge in [-0.15, -0.1) is 0 Å². The molecular formula is C16H24N2O2. The van der Waals surface area contributed by atoms with Gasteiger partial charge >= 0.3 is 0 Å². The Morgan fingerprint density at radius 3 is 2.25 bits per heavy atom. The van der Waals surface area contributed by atoms with Crippen molar-refractivity contribution in [1.82, 2.24) is 10.2 Å². The van der Waals surface area contributed by atoms with Crippen LogP contribution in [0, 0.1) is 0 Å². The van der Waals surface area contributed by atoms with Gasteiger partial charge in [0.15, 0.2) is 0 Å². The van der Waals surface area contributed by atoms with Gasteiger partial charge in [-0.25, -0.2) is 0 Å². The minimum atomic E-state index is -0.0336. The third-order valence-electron chi connectivity index (χ3n) is 4.57. The number of piperidine rings is 1. The third kappa shape index (κ3) is 2.91. The molecule has 0 aromatic heterocycles. The van der Waals surface area contributed by atoms with Crippen LogP contribution in [0.1, 0.15) is 44.2 Å². The topological polar surface area (TPSA) is 55.7 Å². The van der Waals surface area contributed by atoms with Crippen molar-refractivity contribution in [2.24, 2.45) is 0 Å². The minimum Gasteiger partial charge on any atom is -0.507 e. The van der Waals surface area contributed by atoms with E-state index < -0.39 is 0 Å². The summed E-state index contributed by atoms with van der Waals surface area (Å²) in [4.78, 5) is 2.60. The molecule has 110 valence electrons. The summed E-state index contributed by atoms with van der Waals surface area (Å²) < 4.78 is 0. The Hall–Kier alpha value is -1.26. The number of hydrogen-bond acceptors (Lipinski definition) is 4. The van der Waals surface area contributed by atoms with Gasteiger partial charge in [0, 0.05) is 18.1 Å². The molecule has 20 heavy (non-hydrogen) atoms. The maximum absolute atomic E-state index is 9.91. The first-order chi connectivity index (χ1) is 9.65. The SMILES string of the molecule is CC(NC1CCN(C2CC2)CC1)c1c(O)cccc1O. The highest BCUT2D eigenvalue weighted by Crippen LogP contribution is 2.34. The van der Waals surface area contributed by atoms with Crippen LogP contribution in [0.25, 0.3) is 0 Å². The Balaban J connectivity index is 1.57. The second-order valence-electron chi connectivity index (χ2n) is 6.14. The van der Waals surface area contributed by atoms with E-state index in [4.69, 9.17) is 0 Å². The zero-order chi connectivity index (χ0) is 14.1. The van der Waals surface area contributed by atoms with Gasteiger partial charge in [-0.05, 0) is 57.8 Å². The lowest BCUT2D eigenvalue weighted by Crippen LogP contribution is -2.44. The number of likely N-dealkylation sites (tertiary alicyclic amines) is 1. The number of aromatic hydroxyl groups is 2. The van der Waals surface area contributed by atoms with Gasteiger partial charge in [0.25, 0.3) is 0 Å². The molecule has 1 atom stereocenters. The van der Waals surface area contributed by atoms with Crippen LogP contribution in [-0.2, 0) is 0 Å². The molecule has 3 N–H and O–H groups in total. The van der Waals surface area contributed by atoms with Crippen LogP contribution in [-0.4, -0.2) is 40.3 Å². The molecule has 4 nitrogen and oxygen atoms in total. The average Bonchev–Trinajstić information content (AvgIpc) is 3.24. The van der Waals surface area contributed by atoms with Crippen LogP contribution in [0.5, 0.6) is 11.5 Å². The van der Waals surface area contributed by atoms with Crippen molar-refractivity contribution in [1.29, 1.82) is 0 Å². The van der Waals surface area contributed by atoms with E-state index in [1.165, 1.54) is 25.9 Å². The summed E-state index contributed by atoms with van der Waals surface area (Å²) >= 11 is 0. The Bertz CT molecular complexity index is 445. The van der Waals surface area contributed by atoms with Crippen LogP contribution < -0.4 is 5.32 Å². The summed E-state index contributed by atoms with van der Waals surface area (Å²) in [6.07, 6.45) is 5.05. The highest BCUT2D eigenvalue weighted by Gasteiger charge is 2.32. The lowest BCUT2D eigenvalue weighted by molar-refractivity contribution is 0.183. The van der Waals surface area contributed by atoms with Gasteiger partial charge in [-0.3, -0.25) is 0 Å². The molecule has 1 aromatic rings. The monoisotopic (exact) mass is 276 g/mol. The van der Waals surface area contributed by atoms with Crippen molar-refractivity contribution in [2.75, 3.05) is 13.1 Å². The molecule has 1 saturated heterocycles. The lowest BCUT2D eigenvalue weighted by atomic mass is 10.0. The summed E-state index contributed by atoms with van der Waals surface area (Å²) in [5, 5.41) is 23.4. The Morgan fingerprint density at radius 1 is 1.10 bits per heavy atom. The van der Waals surface area contributed by atoms with E-state index in [1.807, 2.05) is 6.92 Å². The summed E-state index contributed by atoms with van der Waals surface area (Å²) in [6, 6.07) is 6.21. The third-order valence-corrected chi connectivity index (χ3v) is 4.57. The second-order valence-corrected chi connectivity index (χ2v) is 6.14. The Labute approximate surface area is 120 Å². The molecule has 1 aromatic carbocycles. The molecule has 0 spiro atoms. The molecule has 0 bridgehead atoms. The van der Waals surface area contributed by atoms with Gasteiger partial charge in [0.1, 0.15) is 11.5 Å². The molecule has 0 radical (unpaired) electrons. The first kappa shape index (κ1) is 13.7. The number of nitrogens with one attached hydrogen (secondary N) is 1. The summed E-state index contributed by atoms with van der Waals surface area (Å²) in [5.41, 5.74) is 0.608. The molecule has 1 unspecified atom stereocenters. The van der Waals surface area contributed by atoms with Gasteiger partial charge < -0.3 is 20.4 Å². The molecule has 1 aliphatic heterocycles. The highest BCUT2D eigenvalue weighted by atomic mass is 16.3. The number of phenols is 2. The molecular weight excluding hydrogens is 252 g/mol. The lowest BCUT2D eigenvalue weighted by Gasteiger charge is -2.34. The average molecular weight is 276 g/mol. The van der Waals surface area contributed by atoms with Crippen LogP contribution in [0.3, 0.4) is 0 Å². The van der Waals surface area contributed by atoms with E-state index in [9.17, 15) is 10.2 Å². The molecule has 0 amide bonds. The van der Waals surface area contributed by atoms with Crippen molar-refractivity contribution in [3.05, 3.63) is 23.8 Å². The highest BCUT2D eigenvalue weighted by molar-refractivity contribution is 5.44. The molecule has 4 heteroatoms. The first-order valence-electron chi connectivity index (χ1n) is 7.66. The molecule has 1 heterocycles. The van der Waals surface area contributed by atoms with Crippen molar-refractivity contribution in [3.8, 4) is 11.5 Å². The van der Waals surface area contributed by atoms with Gasteiger partial charge in [-0.1, -0.05) is 6.07 Å². The van der Waals surface area contributed by atoms with Crippen molar-refractivity contribution in [3.63, 3.8) is 0 Å². The summed E-state index contributed by atoms with van der Waals surface area (Å²) in [7, 11) is 0. The smallest absolute Gasteiger partial charge is 0.124 e. The fourth-order valence-corrected chi connectivity index (χ4v) is 3.29.